The SMILES string of the molecule is Cc1nccc(C(N)C2CCC2)n1. The van der Waals surface area contributed by atoms with Gasteiger partial charge in [0.2, 0.25) is 0 Å². The van der Waals surface area contributed by atoms with Crippen LogP contribution < -0.4 is 5.73 Å². The summed E-state index contributed by atoms with van der Waals surface area (Å²) in [6, 6.07) is 2.05. The van der Waals surface area contributed by atoms with Crippen LogP contribution in [-0.4, -0.2) is 9.97 Å². The molecule has 3 nitrogen and oxygen atoms in total. The molecule has 0 bridgehead atoms. The van der Waals surface area contributed by atoms with Crippen molar-refractivity contribution in [1.29, 1.82) is 0 Å². The molecule has 1 atom stereocenters. The Morgan fingerprint density at radius 2 is 2.31 bits per heavy atom. The zero-order valence-electron chi connectivity index (χ0n) is 7.90. The maximum Gasteiger partial charge on any atom is 0.125 e. The van der Waals surface area contributed by atoms with Crippen LogP contribution in [0.1, 0.15) is 36.8 Å². The Balaban J connectivity index is 2.14. The lowest BCUT2D eigenvalue weighted by molar-refractivity contribution is 0.261. The van der Waals surface area contributed by atoms with Crippen molar-refractivity contribution in [3.63, 3.8) is 0 Å². The van der Waals surface area contributed by atoms with Crippen LogP contribution in [0, 0.1) is 12.8 Å². The van der Waals surface area contributed by atoms with E-state index in [-0.39, 0.29) is 6.04 Å². The highest BCUT2D eigenvalue weighted by atomic mass is 14.9. The third kappa shape index (κ3) is 1.70. The van der Waals surface area contributed by atoms with Crippen LogP contribution in [0.2, 0.25) is 0 Å². The molecule has 1 aromatic heterocycles. The van der Waals surface area contributed by atoms with Crippen molar-refractivity contribution in [2.24, 2.45) is 11.7 Å². The zero-order chi connectivity index (χ0) is 9.26. The third-order valence-electron chi connectivity index (χ3n) is 2.80. The van der Waals surface area contributed by atoms with E-state index < -0.39 is 0 Å². The van der Waals surface area contributed by atoms with Gasteiger partial charge in [0.25, 0.3) is 0 Å². The number of nitrogens with two attached hydrogens (primary N) is 1. The summed E-state index contributed by atoms with van der Waals surface area (Å²) in [5.41, 5.74) is 7.08. The first kappa shape index (κ1) is 8.63. The largest absolute Gasteiger partial charge is 0.322 e. The summed E-state index contributed by atoms with van der Waals surface area (Å²) >= 11 is 0. The lowest BCUT2D eigenvalue weighted by Crippen LogP contribution is -2.27. The Hall–Kier alpha value is -0.960. The highest BCUT2D eigenvalue weighted by Gasteiger charge is 2.26. The van der Waals surface area contributed by atoms with Crippen LogP contribution in [0.5, 0.6) is 0 Å². The number of hydrogen-bond donors (Lipinski definition) is 1. The van der Waals surface area contributed by atoms with E-state index in [9.17, 15) is 0 Å². The molecule has 0 saturated heterocycles. The van der Waals surface area contributed by atoms with E-state index >= 15 is 0 Å². The topological polar surface area (TPSA) is 51.8 Å². The fourth-order valence-electron chi connectivity index (χ4n) is 1.70. The highest BCUT2D eigenvalue weighted by Crippen LogP contribution is 2.35. The summed E-state index contributed by atoms with van der Waals surface area (Å²) in [4.78, 5) is 8.40. The smallest absolute Gasteiger partial charge is 0.125 e. The van der Waals surface area contributed by atoms with Gasteiger partial charge < -0.3 is 5.73 Å². The Bertz CT molecular complexity index is 294. The van der Waals surface area contributed by atoms with Gasteiger partial charge in [-0.25, -0.2) is 9.97 Å². The van der Waals surface area contributed by atoms with Crippen molar-refractivity contribution in [3.8, 4) is 0 Å². The van der Waals surface area contributed by atoms with E-state index in [0.717, 1.165) is 11.5 Å². The molecule has 1 aromatic rings. The normalized spacial score (nSPS) is 19.5. The van der Waals surface area contributed by atoms with Crippen LogP contribution in [0.4, 0.5) is 0 Å². The van der Waals surface area contributed by atoms with Gasteiger partial charge in [-0.15, -0.1) is 0 Å². The van der Waals surface area contributed by atoms with Gasteiger partial charge in [-0.05, 0) is 31.7 Å². The summed E-state index contributed by atoms with van der Waals surface area (Å²) in [5, 5.41) is 0. The second kappa shape index (κ2) is 3.42. The molecule has 70 valence electrons. The van der Waals surface area contributed by atoms with Gasteiger partial charge in [0, 0.05) is 12.2 Å². The first-order valence-corrected chi connectivity index (χ1v) is 4.82. The number of rotatable bonds is 2. The molecule has 1 heterocycles. The number of aryl methyl sites for hydroxylation is 1. The summed E-state index contributed by atoms with van der Waals surface area (Å²) in [5.74, 6) is 1.46. The first-order chi connectivity index (χ1) is 6.27. The van der Waals surface area contributed by atoms with Crippen molar-refractivity contribution < 1.29 is 0 Å². The molecule has 3 heteroatoms. The molecule has 0 aromatic carbocycles. The van der Waals surface area contributed by atoms with Gasteiger partial charge in [-0.2, -0.15) is 0 Å². The van der Waals surface area contributed by atoms with Crippen LogP contribution >= 0.6 is 0 Å². The quantitative estimate of drug-likeness (QED) is 0.746. The van der Waals surface area contributed by atoms with Gasteiger partial charge in [0.05, 0.1) is 5.69 Å². The Morgan fingerprint density at radius 3 is 2.85 bits per heavy atom. The Labute approximate surface area is 78.4 Å². The summed E-state index contributed by atoms with van der Waals surface area (Å²) in [6.07, 6.45) is 5.62. The Morgan fingerprint density at radius 1 is 1.54 bits per heavy atom. The van der Waals surface area contributed by atoms with Gasteiger partial charge in [-0.3, -0.25) is 0 Å². The van der Waals surface area contributed by atoms with Crippen molar-refractivity contribution in [3.05, 3.63) is 23.8 Å². The zero-order valence-corrected chi connectivity index (χ0v) is 7.90. The highest BCUT2D eigenvalue weighted by molar-refractivity contribution is 5.08. The molecule has 0 spiro atoms. The molecule has 1 aliphatic carbocycles. The van der Waals surface area contributed by atoms with E-state index in [0.29, 0.717) is 5.92 Å². The Kier molecular flexibility index (Phi) is 2.27. The molecule has 0 amide bonds. The molecule has 13 heavy (non-hydrogen) atoms. The predicted molar refractivity (Wildman–Crippen MR) is 51.0 cm³/mol. The second-order valence-corrected chi connectivity index (χ2v) is 3.75. The van der Waals surface area contributed by atoms with Crippen LogP contribution in [0.15, 0.2) is 12.3 Å². The molecule has 2 N–H and O–H groups in total. The maximum absolute atomic E-state index is 6.08. The summed E-state index contributed by atoms with van der Waals surface area (Å²) in [6.45, 7) is 1.90. The van der Waals surface area contributed by atoms with Gasteiger partial charge >= 0.3 is 0 Å². The summed E-state index contributed by atoms with van der Waals surface area (Å²) < 4.78 is 0. The molecular weight excluding hydrogens is 162 g/mol. The minimum absolute atomic E-state index is 0.121. The van der Waals surface area contributed by atoms with Crippen molar-refractivity contribution in [2.75, 3.05) is 0 Å². The minimum atomic E-state index is 0.121. The molecule has 0 aliphatic heterocycles. The summed E-state index contributed by atoms with van der Waals surface area (Å²) in [7, 11) is 0. The average molecular weight is 177 g/mol. The van der Waals surface area contributed by atoms with Crippen molar-refractivity contribution in [2.45, 2.75) is 32.2 Å². The third-order valence-corrected chi connectivity index (χ3v) is 2.80. The monoisotopic (exact) mass is 177 g/mol. The van der Waals surface area contributed by atoms with Gasteiger partial charge in [0.15, 0.2) is 0 Å². The molecule has 1 saturated carbocycles. The van der Waals surface area contributed by atoms with Gasteiger partial charge in [-0.1, -0.05) is 6.42 Å². The van der Waals surface area contributed by atoms with E-state index in [1.165, 1.54) is 19.3 Å². The average Bonchev–Trinajstić information content (AvgIpc) is 2.01. The van der Waals surface area contributed by atoms with Crippen LogP contribution in [-0.2, 0) is 0 Å². The van der Waals surface area contributed by atoms with Crippen molar-refractivity contribution >= 4 is 0 Å². The lowest BCUT2D eigenvalue weighted by atomic mass is 9.79. The lowest BCUT2D eigenvalue weighted by Gasteiger charge is -2.30. The van der Waals surface area contributed by atoms with Crippen LogP contribution in [0.3, 0.4) is 0 Å². The van der Waals surface area contributed by atoms with E-state index in [2.05, 4.69) is 9.97 Å². The molecular formula is C10H15N3. The first-order valence-electron chi connectivity index (χ1n) is 4.82. The number of hydrogen-bond acceptors (Lipinski definition) is 3. The van der Waals surface area contributed by atoms with Crippen LogP contribution in [0.25, 0.3) is 0 Å². The molecule has 1 unspecified atom stereocenters. The van der Waals surface area contributed by atoms with E-state index in [1.807, 2.05) is 13.0 Å². The molecule has 1 aliphatic rings. The minimum Gasteiger partial charge on any atom is -0.322 e. The number of aromatic nitrogens is 2. The molecule has 2 rings (SSSR count). The number of nitrogens with zero attached hydrogens (tertiary/aromatic N) is 2. The standard InChI is InChI=1S/C10H15N3/c1-7-12-6-5-9(13-7)10(11)8-3-2-4-8/h5-6,8,10H,2-4,11H2,1H3. The van der Waals surface area contributed by atoms with E-state index in [1.54, 1.807) is 6.20 Å². The molecule has 1 fully saturated rings. The van der Waals surface area contributed by atoms with Gasteiger partial charge in [0.1, 0.15) is 5.82 Å². The van der Waals surface area contributed by atoms with E-state index in [4.69, 9.17) is 5.73 Å². The maximum atomic E-state index is 6.08. The molecule has 0 radical (unpaired) electrons. The fourth-order valence-corrected chi connectivity index (χ4v) is 1.70. The second-order valence-electron chi connectivity index (χ2n) is 3.75. The van der Waals surface area contributed by atoms with Crippen molar-refractivity contribution in [1.82, 2.24) is 9.97 Å². The predicted octanol–water partition coefficient (Wildman–Crippen LogP) is 1.58. The fraction of sp³-hybridized carbons (Fsp3) is 0.600.